The van der Waals surface area contributed by atoms with E-state index < -0.39 is 10.8 Å². The monoisotopic (exact) mass is 225 g/mol. The zero-order valence-corrected chi connectivity index (χ0v) is 10.4. The van der Waals surface area contributed by atoms with E-state index in [-0.39, 0.29) is 5.25 Å². The van der Waals surface area contributed by atoms with Crippen molar-refractivity contribution in [3.05, 3.63) is 29.8 Å². The molecule has 0 spiro atoms. The fourth-order valence-corrected chi connectivity index (χ4v) is 2.69. The van der Waals surface area contributed by atoms with Crippen molar-refractivity contribution in [2.45, 2.75) is 31.8 Å². The van der Waals surface area contributed by atoms with E-state index in [1.54, 1.807) is 0 Å². The van der Waals surface area contributed by atoms with Gasteiger partial charge in [0.15, 0.2) is 0 Å². The molecule has 0 amide bonds. The van der Waals surface area contributed by atoms with E-state index in [2.05, 4.69) is 13.8 Å². The molecule has 0 aliphatic heterocycles. The molecule has 1 aromatic rings. The van der Waals surface area contributed by atoms with Crippen LogP contribution in [0.5, 0.6) is 0 Å². The average Bonchev–Trinajstić information content (AvgIpc) is 2.20. The smallest absolute Gasteiger partial charge is 0.0508 e. The minimum Gasteiger partial charge on any atom is -0.398 e. The lowest BCUT2D eigenvalue weighted by Gasteiger charge is -2.15. The molecule has 0 radical (unpaired) electrons. The van der Waals surface area contributed by atoms with Crippen molar-refractivity contribution in [3.63, 3.8) is 0 Å². The lowest BCUT2D eigenvalue weighted by atomic mass is 10.2. The molecule has 0 saturated carbocycles. The number of benzene rings is 1. The fraction of sp³-hybridized carbons (Fsp3) is 0.500. The van der Waals surface area contributed by atoms with E-state index >= 15 is 0 Å². The highest BCUT2D eigenvalue weighted by molar-refractivity contribution is 7.84. The number of nitrogens with two attached hydrogens (primary N) is 1. The molecule has 0 saturated heterocycles. The molecule has 2 atom stereocenters. The van der Waals surface area contributed by atoms with E-state index in [0.29, 0.717) is 11.7 Å². The molecule has 1 aromatic carbocycles. The maximum absolute atomic E-state index is 12.0. The number of nitrogen functional groups attached to an aromatic ring is 1. The number of rotatable bonds is 4. The van der Waals surface area contributed by atoms with Crippen LogP contribution in [-0.4, -0.2) is 9.46 Å². The predicted octanol–water partition coefficient (Wildman–Crippen LogP) is 2.56. The van der Waals surface area contributed by atoms with Gasteiger partial charge >= 0.3 is 0 Å². The Balaban J connectivity index is 2.71. The summed E-state index contributed by atoms with van der Waals surface area (Å²) in [6, 6.07) is 7.63. The van der Waals surface area contributed by atoms with Gasteiger partial charge in [-0.25, -0.2) is 0 Å². The molecule has 3 heteroatoms. The predicted molar refractivity (Wildman–Crippen MR) is 67.0 cm³/mol. The molecule has 84 valence electrons. The fourth-order valence-electron chi connectivity index (χ4n) is 1.25. The van der Waals surface area contributed by atoms with Crippen LogP contribution in [0, 0.1) is 5.92 Å². The summed E-state index contributed by atoms with van der Waals surface area (Å²) in [7, 11) is -0.836. The molecule has 0 aliphatic carbocycles. The molecule has 0 fully saturated rings. The summed E-state index contributed by atoms with van der Waals surface area (Å²) in [5.74, 6) is 1.00. The third-order valence-corrected chi connectivity index (χ3v) is 4.68. The Labute approximate surface area is 94.3 Å². The van der Waals surface area contributed by atoms with Gasteiger partial charge in [-0.05, 0) is 17.5 Å². The first-order valence-electron chi connectivity index (χ1n) is 5.23. The SMILES string of the molecule is CC(C)C(C)S(=O)Cc1ccccc1N. The van der Waals surface area contributed by atoms with Gasteiger partial charge in [0.25, 0.3) is 0 Å². The van der Waals surface area contributed by atoms with Crippen LogP contribution in [0.1, 0.15) is 26.3 Å². The van der Waals surface area contributed by atoms with Gasteiger partial charge in [0, 0.05) is 21.7 Å². The molecule has 2 nitrogen and oxygen atoms in total. The van der Waals surface area contributed by atoms with Crippen molar-refractivity contribution in [1.29, 1.82) is 0 Å². The van der Waals surface area contributed by atoms with Crippen LogP contribution in [0.15, 0.2) is 24.3 Å². The number of anilines is 1. The van der Waals surface area contributed by atoms with Crippen LogP contribution < -0.4 is 5.73 Å². The van der Waals surface area contributed by atoms with Crippen LogP contribution in [0.2, 0.25) is 0 Å². The largest absolute Gasteiger partial charge is 0.398 e. The van der Waals surface area contributed by atoms with E-state index in [4.69, 9.17) is 5.73 Å². The number of hydrogen-bond acceptors (Lipinski definition) is 2. The van der Waals surface area contributed by atoms with E-state index in [1.165, 1.54) is 0 Å². The van der Waals surface area contributed by atoms with Gasteiger partial charge in [0.05, 0.1) is 5.75 Å². The summed E-state index contributed by atoms with van der Waals surface area (Å²) in [6.45, 7) is 6.22. The minimum absolute atomic E-state index is 0.213. The summed E-state index contributed by atoms with van der Waals surface area (Å²) in [4.78, 5) is 0. The molecule has 2 unspecified atom stereocenters. The van der Waals surface area contributed by atoms with Crippen LogP contribution >= 0.6 is 0 Å². The number of para-hydroxylation sites is 1. The normalized spacial score (nSPS) is 15.2. The second-order valence-corrected chi connectivity index (χ2v) is 5.97. The maximum atomic E-state index is 12.0. The Morgan fingerprint density at radius 2 is 1.87 bits per heavy atom. The van der Waals surface area contributed by atoms with E-state index in [0.717, 1.165) is 11.3 Å². The highest BCUT2D eigenvalue weighted by atomic mass is 32.2. The number of hydrogen-bond donors (Lipinski definition) is 1. The first-order valence-corrected chi connectivity index (χ1v) is 6.61. The van der Waals surface area contributed by atoms with Gasteiger partial charge in [-0.1, -0.05) is 39.0 Å². The second-order valence-electron chi connectivity index (χ2n) is 4.17. The van der Waals surface area contributed by atoms with Gasteiger partial charge in [0.1, 0.15) is 0 Å². The topological polar surface area (TPSA) is 43.1 Å². The average molecular weight is 225 g/mol. The van der Waals surface area contributed by atoms with E-state index in [1.807, 2.05) is 31.2 Å². The Kier molecular flexibility index (Phi) is 4.33. The molecule has 2 N–H and O–H groups in total. The third-order valence-electron chi connectivity index (χ3n) is 2.71. The molecule has 0 bridgehead atoms. The van der Waals surface area contributed by atoms with Crippen molar-refractivity contribution < 1.29 is 4.21 Å². The van der Waals surface area contributed by atoms with Crippen LogP contribution in [-0.2, 0) is 16.6 Å². The van der Waals surface area contributed by atoms with Crippen molar-refractivity contribution in [2.75, 3.05) is 5.73 Å². The molecule has 0 aromatic heterocycles. The Bertz CT molecular complexity index is 349. The molecular weight excluding hydrogens is 206 g/mol. The van der Waals surface area contributed by atoms with Crippen molar-refractivity contribution in [3.8, 4) is 0 Å². The highest BCUT2D eigenvalue weighted by Crippen LogP contribution is 2.17. The highest BCUT2D eigenvalue weighted by Gasteiger charge is 2.15. The summed E-state index contributed by atoms with van der Waals surface area (Å²) in [5, 5.41) is 0.213. The summed E-state index contributed by atoms with van der Waals surface area (Å²) >= 11 is 0. The van der Waals surface area contributed by atoms with Crippen LogP contribution in [0.25, 0.3) is 0 Å². The Hall–Kier alpha value is -0.830. The van der Waals surface area contributed by atoms with Crippen LogP contribution in [0.4, 0.5) is 5.69 Å². The summed E-state index contributed by atoms with van der Waals surface area (Å²) in [6.07, 6.45) is 0. The zero-order valence-electron chi connectivity index (χ0n) is 9.57. The van der Waals surface area contributed by atoms with Gasteiger partial charge in [0.2, 0.25) is 0 Å². The standard InChI is InChI=1S/C12H19NOS/c1-9(2)10(3)15(14)8-11-6-4-5-7-12(11)13/h4-7,9-10H,8,13H2,1-3H3. The lowest BCUT2D eigenvalue weighted by molar-refractivity contribution is 0.605. The van der Waals surface area contributed by atoms with Gasteiger partial charge in [-0.3, -0.25) is 4.21 Å². The molecule has 0 aliphatic rings. The first-order chi connectivity index (χ1) is 7.02. The first kappa shape index (κ1) is 12.2. The molecule has 0 heterocycles. The van der Waals surface area contributed by atoms with Crippen LogP contribution in [0.3, 0.4) is 0 Å². The summed E-state index contributed by atoms with van der Waals surface area (Å²) < 4.78 is 12.0. The second kappa shape index (κ2) is 5.31. The summed E-state index contributed by atoms with van der Waals surface area (Å²) in [5.41, 5.74) is 7.54. The van der Waals surface area contributed by atoms with Gasteiger partial charge < -0.3 is 5.73 Å². The quantitative estimate of drug-likeness (QED) is 0.800. The zero-order chi connectivity index (χ0) is 11.4. The minimum atomic E-state index is -0.836. The van der Waals surface area contributed by atoms with Crippen molar-refractivity contribution >= 4 is 16.5 Å². The molecule has 15 heavy (non-hydrogen) atoms. The van der Waals surface area contributed by atoms with Crippen molar-refractivity contribution in [2.24, 2.45) is 5.92 Å². The Morgan fingerprint density at radius 1 is 1.27 bits per heavy atom. The molecular formula is C12H19NOS. The maximum Gasteiger partial charge on any atom is 0.0508 e. The molecule has 1 rings (SSSR count). The third kappa shape index (κ3) is 3.34. The van der Waals surface area contributed by atoms with Crippen molar-refractivity contribution in [1.82, 2.24) is 0 Å². The van der Waals surface area contributed by atoms with Gasteiger partial charge in [-0.15, -0.1) is 0 Å². The van der Waals surface area contributed by atoms with E-state index in [9.17, 15) is 4.21 Å². The lowest BCUT2D eigenvalue weighted by Crippen LogP contribution is -2.19. The van der Waals surface area contributed by atoms with Gasteiger partial charge in [-0.2, -0.15) is 0 Å². The Morgan fingerprint density at radius 3 is 2.40 bits per heavy atom.